The van der Waals surface area contributed by atoms with Gasteiger partial charge in [-0.15, -0.1) is 23.1 Å². The summed E-state index contributed by atoms with van der Waals surface area (Å²) >= 11 is 2.79. The molecule has 1 aromatic carbocycles. The van der Waals surface area contributed by atoms with Gasteiger partial charge in [0.05, 0.1) is 10.9 Å². The molecule has 1 amide bonds. The first kappa shape index (κ1) is 18.6. The molecule has 0 aliphatic rings. The van der Waals surface area contributed by atoms with Crippen LogP contribution >= 0.6 is 23.1 Å². The van der Waals surface area contributed by atoms with Crippen LogP contribution in [0.4, 0.5) is 10.1 Å². The molecule has 1 atom stereocenters. The number of benzene rings is 1. The van der Waals surface area contributed by atoms with Gasteiger partial charge in [0.1, 0.15) is 5.82 Å². The van der Waals surface area contributed by atoms with Gasteiger partial charge in [0.2, 0.25) is 5.91 Å². The lowest BCUT2D eigenvalue weighted by Crippen LogP contribution is -2.23. The third-order valence-corrected chi connectivity index (χ3v) is 6.04. The fourth-order valence-corrected chi connectivity index (χ4v) is 4.05. The van der Waals surface area contributed by atoms with Crippen molar-refractivity contribution in [2.24, 2.45) is 0 Å². The van der Waals surface area contributed by atoms with Crippen LogP contribution in [0.5, 0.6) is 0 Å². The van der Waals surface area contributed by atoms with Crippen molar-refractivity contribution in [1.29, 1.82) is 0 Å². The zero-order chi connectivity index (χ0) is 18.8. The van der Waals surface area contributed by atoms with Crippen LogP contribution in [0.1, 0.15) is 23.9 Å². The molecule has 3 rings (SSSR count). The number of thioether (sulfide) groups is 1. The minimum Gasteiger partial charge on any atom is -0.325 e. The van der Waals surface area contributed by atoms with Crippen LogP contribution in [-0.4, -0.2) is 20.5 Å². The molecule has 26 heavy (non-hydrogen) atoms. The Bertz CT molecular complexity index is 1030. The summed E-state index contributed by atoms with van der Waals surface area (Å²) in [6.45, 7) is 5.30. The highest BCUT2D eigenvalue weighted by atomic mass is 32.2. The van der Waals surface area contributed by atoms with Crippen LogP contribution < -0.4 is 10.9 Å². The molecule has 2 heterocycles. The van der Waals surface area contributed by atoms with Crippen molar-refractivity contribution in [2.75, 3.05) is 5.32 Å². The number of thiazole rings is 1. The zero-order valence-corrected chi connectivity index (χ0v) is 16.2. The Labute approximate surface area is 158 Å². The topological polar surface area (TPSA) is 63.5 Å². The van der Waals surface area contributed by atoms with Gasteiger partial charge in [-0.2, -0.15) is 0 Å². The molecular weight excluding hydrogens is 373 g/mol. The number of anilines is 1. The standard InChI is InChI=1S/C18H18FN3O2S2/c1-10-4-5-13(6-15(10)19)20-17(24)12(3)25-9-14-7-16(23)22-11(2)8-26-18(22)21-14/h4-8,12H,9H2,1-3H3,(H,20,24)/t12-/m1/s1. The quantitative estimate of drug-likeness (QED) is 0.719. The second-order valence-corrected chi connectivity index (χ2v) is 8.15. The molecule has 0 spiro atoms. The summed E-state index contributed by atoms with van der Waals surface area (Å²) in [6, 6.07) is 6.10. The van der Waals surface area contributed by atoms with Crippen molar-refractivity contribution in [3.05, 3.63) is 62.8 Å². The van der Waals surface area contributed by atoms with E-state index >= 15 is 0 Å². The second kappa shape index (κ2) is 7.59. The average molecular weight is 391 g/mol. The van der Waals surface area contributed by atoms with Gasteiger partial charge in [-0.3, -0.25) is 14.0 Å². The first-order chi connectivity index (χ1) is 12.3. The fraction of sp³-hybridized carbons (Fsp3) is 0.278. The third kappa shape index (κ3) is 3.96. The lowest BCUT2D eigenvalue weighted by atomic mass is 10.2. The van der Waals surface area contributed by atoms with Gasteiger partial charge in [0.25, 0.3) is 5.56 Å². The van der Waals surface area contributed by atoms with E-state index in [2.05, 4.69) is 10.3 Å². The number of halogens is 1. The molecule has 0 fully saturated rings. The number of carbonyl (C=O) groups is 1. The molecule has 0 radical (unpaired) electrons. The molecule has 0 aliphatic carbocycles. The summed E-state index contributed by atoms with van der Waals surface area (Å²) in [5.74, 6) is -0.130. The lowest BCUT2D eigenvalue weighted by Gasteiger charge is -2.12. The first-order valence-electron chi connectivity index (χ1n) is 8.00. The summed E-state index contributed by atoms with van der Waals surface area (Å²) in [5.41, 5.74) is 2.35. The van der Waals surface area contributed by atoms with E-state index in [4.69, 9.17) is 0 Å². The van der Waals surface area contributed by atoms with Crippen LogP contribution in [0.3, 0.4) is 0 Å². The minimum atomic E-state index is -0.371. The number of aryl methyl sites for hydroxylation is 2. The molecule has 5 nitrogen and oxygen atoms in total. The Hall–Kier alpha value is -2.19. The Morgan fingerprint density at radius 1 is 1.38 bits per heavy atom. The molecule has 2 aromatic heterocycles. The number of hydrogen-bond donors (Lipinski definition) is 1. The van der Waals surface area contributed by atoms with E-state index in [9.17, 15) is 14.0 Å². The van der Waals surface area contributed by atoms with E-state index in [0.717, 1.165) is 5.69 Å². The molecule has 0 aliphatic heterocycles. The SMILES string of the molecule is Cc1ccc(NC(=O)[C@@H](C)SCc2cc(=O)n3c(C)csc3n2)cc1F. The highest BCUT2D eigenvalue weighted by molar-refractivity contribution is 7.99. The number of carbonyl (C=O) groups excluding carboxylic acids is 1. The molecule has 0 saturated carbocycles. The first-order valence-corrected chi connectivity index (χ1v) is 9.93. The summed E-state index contributed by atoms with van der Waals surface area (Å²) in [7, 11) is 0. The Kier molecular flexibility index (Phi) is 5.43. The normalized spacial score (nSPS) is 12.3. The largest absolute Gasteiger partial charge is 0.325 e. The van der Waals surface area contributed by atoms with Gasteiger partial charge in [-0.05, 0) is 38.5 Å². The fourth-order valence-electron chi connectivity index (χ4n) is 2.38. The average Bonchev–Trinajstić information content (AvgIpc) is 2.97. The molecule has 0 saturated heterocycles. The molecule has 3 aromatic rings. The molecule has 8 heteroatoms. The Morgan fingerprint density at radius 3 is 2.88 bits per heavy atom. The van der Waals surface area contributed by atoms with Crippen LogP contribution in [0.2, 0.25) is 0 Å². The maximum absolute atomic E-state index is 13.6. The summed E-state index contributed by atoms with van der Waals surface area (Å²) in [4.78, 5) is 29.6. The Balaban J connectivity index is 1.64. The van der Waals surface area contributed by atoms with Gasteiger partial charge in [-0.1, -0.05) is 6.07 Å². The molecule has 0 bridgehead atoms. The van der Waals surface area contributed by atoms with Gasteiger partial charge >= 0.3 is 0 Å². The van der Waals surface area contributed by atoms with Crippen molar-refractivity contribution < 1.29 is 9.18 Å². The molecule has 0 unspecified atom stereocenters. The van der Waals surface area contributed by atoms with Gasteiger partial charge in [-0.25, -0.2) is 9.37 Å². The predicted octanol–water partition coefficient (Wildman–Crippen LogP) is 3.77. The van der Waals surface area contributed by atoms with Gasteiger partial charge in [0, 0.05) is 28.6 Å². The number of nitrogens with one attached hydrogen (secondary N) is 1. The predicted molar refractivity (Wildman–Crippen MR) is 105 cm³/mol. The second-order valence-electron chi connectivity index (χ2n) is 5.99. The zero-order valence-electron chi connectivity index (χ0n) is 14.6. The van der Waals surface area contributed by atoms with E-state index in [-0.39, 0.29) is 22.5 Å². The lowest BCUT2D eigenvalue weighted by molar-refractivity contribution is -0.115. The molecular formula is C18H18FN3O2S2. The van der Waals surface area contributed by atoms with Crippen molar-refractivity contribution in [3.8, 4) is 0 Å². The number of aromatic nitrogens is 2. The smallest absolute Gasteiger partial charge is 0.258 e. The third-order valence-electron chi connectivity index (χ3n) is 3.92. The molecule has 1 N–H and O–H groups in total. The van der Waals surface area contributed by atoms with Crippen LogP contribution in [0.15, 0.2) is 34.4 Å². The van der Waals surface area contributed by atoms with E-state index in [1.54, 1.807) is 30.4 Å². The van der Waals surface area contributed by atoms with E-state index in [1.807, 2.05) is 12.3 Å². The molecule has 136 valence electrons. The van der Waals surface area contributed by atoms with Crippen molar-refractivity contribution in [3.63, 3.8) is 0 Å². The number of amides is 1. The maximum Gasteiger partial charge on any atom is 0.258 e. The van der Waals surface area contributed by atoms with Crippen molar-refractivity contribution in [2.45, 2.75) is 31.8 Å². The van der Waals surface area contributed by atoms with Crippen molar-refractivity contribution >= 4 is 39.7 Å². The van der Waals surface area contributed by atoms with E-state index in [0.29, 0.717) is 27.7 Å². The minimum absolute atomic E-state index is 0.114. The van der Waals surface area contributed by atoms with Crippen LogP contribution in [0.25, 0.3) is 4.96 Å². The summed E-state index contributed by atoms with van der Waals surface area (Å²) in [6.07, 6.45) is 0. The van der Waals surface area contributed by atoms with E-state index < -0.39 is 0 Å². The number of fused-ring (bicyclic) bond motifs is 1. The number of nitrogens with zero attached hydrogens (tertiary/aromatic N) is 2. The number of hydrogen-bond acceptors (Lipinski definition) is 5. The van der Waals surface area contributed by atoms with Crippen LogP contribution in [0, 0.1) is 19.7 Å². The summed E-state index contributed by atoms with van der Waals surface area (Å²) < 4.78 is 15.1. The van der Waals surface area contributed by atoms with Gasteiger partial charge in [0.15, 0.2) is 4.96 Å². The maximum atomic E-state index is 13.6. The van der Waals surface area contributed by atoms with Crippen molar-refractivity contribution in [1.82, 2.24) is 9.38 Å². The highest BCUT2D eigenvalue weighted by Crippen LogP contribution is 2.20. The van der Waals surface area contributed by atoms with Gasteiger partial charge < -0.3 is 5.32 Å². The van der Waals surface area contributed by atoms with E-state index in [1.165, 1.54) is 35.2 Å². The summed E-state index contributed by atoms with van der Waals surface area (Å²) in [5, 5.41) is 4.22. The number of rotatable bonds is 5. The highest BCUT2D eigenvalue weighted by Gasteiger charge is 2.15. The Morgan fingerprint density at radius 2 is 2.15 bits per heavy atom. The monoisotopic (exact) mass is 391 g/mol. The van der Waals surface area contributed by atoms with Crippen LogP contribution in [-0.2, 0) is 10.5 Å².